The predicted octanol–water partition coefficient (Wildman–Crippen LogP) is 0.389. The molecule has 2 atom stereocenters. The van der Waals surface area contributed by atoms with Gasteiger partial charge in [0, 0.05) is 24.9 Å². The number of nitrogens with zero attached hydrogens (tertiary/aromatic N) is 1. The minimum Gasteiger partial charge on any atom is -0.351 e. The fourth-order valence-electron chi connectivity index (χ4n) is 2.54. The van der Waals surface area contributed by atoms with Gasteiger partial charge in [-0.15, -0.1) is 12.4 Å². The zero-order valence-electron chi connectivity index (χ0n) is 11.8. The molecular formula is C13H24ClN3O2. The van der Waals surface area contributed by atoms with Crippen LogP contribution in [0.3, 0.4) is 0 Å². The van der Waals surface area contributed by atoms with Crippen LogP contribution < -0.4 is 10.6 Å². The first-order valence-electron chi connectivity index (χ1n) is 6.79. The van der Waals surface area contributed by atoms with E-state index in [1.54, 1.807) is 0 Å². The Bertz CT molecular complexity index is 345. The van der Waals surface area contributed by atoms with Gasteiger partial charge in [-0.05, 0) is 32.9 Å². The zero-order chi connectivity index (χ0) is 13.3. The molecule has 0 aromatic rings. The average Bonchev–Trinajstić information content (AvgIpc) is 2.56. The topological polar surface area (TPSA) is 61.4 Å². The molecule has 2 amide bonds. The van der Waals surface area contributed by atoms with Gasteiger partial charge < -0.3 is 15.5 Å². The molecule has 2 saturated heterocycles. The van der Waals surface area contributed by atoms with E-state index < -0.39 is 0 Å². The number of likely N-dealkylation sites (tertiary alicyclic amines) is 1. The highest BCUT2D eigenvalue weighted by Gasteiger charge is 2.34. The van der Waals surface area contributed by atoms with E-state index in [1.807, 2.05) is 25.7 Å². The van der Waals surface area contributed by atoms with Gasteiger partial charge in [0.15, 0.2) is 0 Å². The smallest absolute Gasteiger partial charge is 0.225 e. The van der Waals surface area contributed by atoms with Crippen LogP contribution in [-0.2, 0) is 9.59 Å². The SMILES string of the molecule is CC(C(=O)NC1CC(=O)N(C(C)C)C1)C1CNC1.Cl. The Balaban J connectivity index is 0.00000180. The summed E-state index contributed by atoms with van der Waals surface area (Å²) in [7, 11) is 0. The molecule has 5 nitrogen and oxygen atoms in total. The van der Waals surface area contributed by atoms with Crippen molar-refractivity contribution in [1.29, 1.82) is 0 Å². The summed E-state index contributed by atoms with van der Waals surface area (Å²) in [4.78, 5) is 25.6. The summed E-state index contributed by atoms with van der Waals surface area (Å²) >= 11 is 0. The number of halogens is 1. The van der Waals surface area contributed by atoms with Gasteiger partial charge in [-0.2, -0.15) is 0 Å². The maximum absolute atomic E-state index is 12.0. The number of hydrogen-bond acceptors (Lipinski definition) is 3. The van der Waals surface area contributed by atoms with E-state index in [0.717, 1.165) is 13.1 Å². The van der Waals surface area contributed by atoms with Crippen molar-refractivity contribution in [2.24, 2.45) is 11.8 Å². The van der Waals surface area contributed by atoms with E-state index in [0.29, 0.717) is 18.9 Å². The van der Waals surface area contributed by atoms with Crippen molar-refractivity contribution >= 4 is 24.2 Å². The van der Waals surface area contributed by atoms with Gasteiger partial charge in [-0.3, -0.25) is 9.59 Å². The molecule has 2 fully saturated rings. The molecule has 110 valence electrons. The maximum atomic E-state index is 12.0. The number of rotatable bonds is 4. The monoisotopic (exact) mass is 289 g/mol. The molecular weight excluding hydrogens is 266 g/mol. The highest BCUT2D eigenvalue weighted by atomic mass is 35.5. The van der Waals surface area contributed by atoms with Gasteiger partial charge in [-0.25, -0.2) is 0 Å². The first-order chi connectivity index (χ1) is 8.49. The van der Waals surface area contributed by atoms with Gasteiger partial charge in [0.1, 0.15) is 0 Å². The normalized spacial score (nSPS) is 24.9. The van der Waals surface area contributed by atoms with Gasteiger partial charge in [-0.1, -0.05) is 6.92 Å². The lowest BCUT2D eigenvalue weighted by molar-refractivity contribution is -0.129. The van der Waals surface area contributed by atoms with E-state index in [2.05, 4.69) is 10.6 Å². The third-order valence-corrected chi connectivity index (χ3v) is 4.06. The van der Waals surface area contributed by atoms with E-state index in [9.17, 15) is 9.59 Å². The van der Waals surface area contributed by atoms with Gasteiger partial charge in [0.25, 0.3) is 0 Å². The number of amides is 2. The molecule has 0 aromatic carbocycles. The second kappa shape index (κ2) is 6.57. The number of hydrogen-bond donors (Lipinski definition) is 2. The predicted molar refractivity (Wildman–Crippen MR) is 76.2 cm³/mol. The van der Waals surface area contributed by atoms with Crippen LogP contribution >= 0.6 is 12.4 Å². The molecule has 2 rings (SSSR count). The summed E-state index contributed by atoms with van der Waals surface area (Å²) in [6.07, 6.45) is 0.444. The quantitative estimate of drug-likeness (QED) is 0.787. The Labute approximate surface area is 120 Å². The summed E-state index contributed by atoms with van der Waals surface area (Å²) in [5.41, 5.74) is 0. The second-order valence-corrected chi connectivity index (χ2v) is 5.76. The maximum Gasteiger partial charge on any atom is 0.225 e. The molecule has 0 aliphatic carbocycles. The Morgan fingerprint density at radius 2 is 2.00 bits per heavy atom. The minimum atomic E-state index is -0.0112. The fourth-order valence-corrected chi connectivity index (χ4v) is 2.54. The lowest BCUT2D eigenvalue weighted by atomic mass is 9.88. The summed E-state index contributed by atoms with van der Waals surface area (Å²) in [5, 5.41) is 6.19. The summed E-state index contributed by atoms with van der Waals surface area (Å²) in [6.45, 7) is 8.48. The first kappa shape index (κ1) is 16.2. The molecule has 6 heteroatoms. The second-order valence-electron chi connectivity index (χ2n) is 5.76. The molecule has 2 N–H and O–H groups in total. The molecule has 0 bridgehead atoms. The van der Waals surface area contributed by atoms with Crippen molar-refractivity contribution in [3.63, 3.8) is 0 Å². The van der Waals surface area contributed by atoms with Crippen LogP contribution in [0, 0.1) is 11.8 Å². The van der Waals surface area contributed by atoms with Crippen LogP contribution in [0.4, 0.5) is 0 Å². The van der Waals surface area contributed by atoms with Crippen molar-refractivity contribution in [2.45, 2.75) is 39.3 Å². The largest absolute Gasteiger partial charge is 0.351 e. The minimum absolute atomic E-state index is 0. The zero-order valence-corrected chi connectivity index (χ0v) is 12.6. The Morgan fingerprint density at radius 3 is 2.42 bits per heavy atom. The number of nitrogens with one attached hydrogen (secondary N) is 2. The van der Waals surface area contributed by atoms with Crippen LogP contribution in [0.5, 0.6) is 0 Å². The van der Waals surface area contributed by atoms with Gasteiger partial charge in [0.2, 0.25) is 11.8 Å². The van der Waals surface area contributed by atoms with Crippen LogP contribution in [0.15, 0.2) is 0 Å². The molecule has 0 radical (unpaired) electrons. The summed E-state index contributed by atoms with van der Waals surface area (Å²) in [6, 6.07) is 0.204. The third-order valence-electron chi connectivity index (χ3n) is 4.06. The summed E-state index contributed by atoms with van der Waals surface area (Å²) in [5.74, 6) is 0.718. The van der Waals surface area contributed by atoms with E-state index in [-0.39, 0.29) is 42.2 Å². The Hall–Kier alpha value is -0.810. The molecule has 0 aromatic heterocycles. The van der Waals surface area contributed by atoms with Crippen molar-refractivity contribution in [1.82, 2.24) is 15.5 Å². The third kappa shape index (κ3) is 3.60. The van der Waals surface area contributed by atoms with Crippen LogP contribution in [0.2, 0.25) is 0 Å². The fraction of sp³-hybridized carbons (Fsp3) is 0.846. The molecule has 2 aliphatic heterocycles. The van der Waals surface area contributed by atoms with Gasteiger partial charge >= 0.3 is 0 Å². The highest BCUT2D eigenvalue weighted by Crippen LogP contribution is 2.18. The highest BCUT2D eigenvalue weighted by molar-refractivity contribution is 5.85. The van der Waals surface area contributed by atoms with Gasteiger partial charge in [0.05, 0.1) is 6.04 Å². The number of carbonyl (C=O) groups excluding carboxylic acids is 2. The van der Waals surface area contributed by atoms with Crippen LogP contribution in [0.25, 0.3) is 0 Å². The molecule has 19 heavy (non-hydrogen) atoms. The Morgan fingerprint density at radius 1 is 1.37 bits per heavy atom. The first-order valence-corrected chi connectivity index (χ1v) is 6.79. The van der Waals surface area contributed by atoms with Crippen LogP contribution in [0.1, 0.15) is 27.2 Å². The van der Waals surface area contributed by atoms with E-state index >= 15 is 0 Å². The van der Waals surface area contributed by atoms with Crippen molar-refractivity contribution < 1.29 is 9.59 Å². The van der Waals surface area contributed by atoms with Crippen molar-refractivity contribution in [2.75, 3.05) is 19.6 Å². The van der Waals surface area contributed by atoms with E-state index in [1.165, 1.54) is 0 Å². The molecule has 0 saturated carbocycles. The van der Waals surface area contributed by atoms with Crippen molar-refractivity contribution in [3.8, 4) is 0 Å². The average molecular weight is 290 g/mol. The molecule has 2 aliphatic rings. The molecule has 2 heterocycles. The standard InChI is InChI=1S/C13H23N3O2.ClH/c1-8(2)16-7-11(4-12(16)17)15-13(18)9(3)10-5-14-6-10;/h8-11,14H,4-7H2,1-3H3,(H,15,18);1H. The van der Waals surface area contributed by atoms with Crippen LogP contribution in [-0.4, -0.2) is 48.4 Å². The summed E-state index contributed by atoms with van der Waals surface area (Å²) < 4.78 is 0. The van der Waals surface area contributed by atoms with Crippen molar-refractivity contribution in [3.05, 3.63) is 0 Å². The lowest BCUT2D eigenvalue weighted by Gasteiger charge is -2.32. The number of carbonyl (C=O) groups is 2. The lowest BCUT2D eigenvalue weighted by Crippen LogP contribution is -2.51. The molecule has 2 unspecified atom stereocenters. The van der Waals surface area contributed by atoms with E-state index in [4.69, 9.17) is 0 Å². The Kier molecular flexibility index (Phi) is 5.62. The molecule has 0 spiro atoms.